The third-order valence-corrected chi connectivity index (χ3v) is 12.4. The summed E-state index contributed by atoms with van der Waals surface area (Å²) in [7, 11) is -5.55. The smallest absolute Gasteiger partial charge is 0.407 e. The lowest BCUT2D eigenvalue weighted by molar-refractivity contribution is -0.148. The van der Waals surface area contributed by atoms with Crippen LogP contribution in [0, 0.1) is 0 Å². The summed E-state index contributed by atoms with van der Waals surface area (Å²) in [6, 6.07) is 14.8. The highest BCUT2D eigenvalue weighted by Gasteiger charge is 2.50. The minimum atomic E-state index is -3.84. The highest BCUT2D eigenvalue weighted by molar-refractivity contribution is 7.89. The van der Waals surface area contributed by atoms with E-state index < -0.39 is 41.7 Å². The molecule has 2 amide bonds. The van der Waals surface area contributed by atoms with Crippen LogP contribution < -0.4 is 5.32 Å². The topological polar surface area (TPSA) is 125 Å². The Bertz CT molecular complexity index is 1360. The monoisotopic (exact) mass is 665 g/mol. The molecule has 0 saturated carbocycles. The summed E-state index contributed by atoms with van der Waals surface area (Å²) >= 11 is 6.81. The fraction of sp³-hybridized carbons (Fsp3) is 0.548. The first-order chi connectivity index (χ1) is 20.8. The van der Waals surface area contributed by atoms with Gasteiger partial charge in [-0.2, -0.15) is 4.31 Å². The Balaban J connectivity index is 1.51. The molecular formula is C31H44ClN3O7SSi. The number of alkyl carbamates (subject to hydrolysis) is 1. The van der Waals surface area contributed by atoms with E-state index in [1.165, 1.54) is 4.31 Å². The number of rotatable bonds is 12. The normalized spacial score (nSPS) is 23.1. The van der Waals surface area contributed by atoms with Crippen LogP contribution in [0.4, 0.5) is 4.79 Å². The van der Waals surface area contributed by atoms with Crippen molar-refractivity contribution in [2.45, 2.75) is 75.1 Å². The van der Waals surface area contributed by atoms with Crippen molar-refractivity contribution in [3.8, 4) is 5.75 Å². The Kier molecular flexibility index (Phi) is 11.7. The largest absolute Gasteiger partial charge is 0.508 e. The van der Waals surface area contributed by atoms with Crippen LogP contribution in [-0.2, 0) is 37.3 Å². The van der Waals surface area contributed by atoms with Gasteiger partial charge >= 0.3 is 6.09 Å². The average Bonchev–Trinajstić information content (AvgIpc) is 2.97. The number of ether oxygens (including phenoxy) is 2. The minimum Gasteiger partial charge on any atom is -0.508 e. The zero-order valence-electron chi connectivity index (χ0n) is 25.7. The minimum absolute atomic E-state index is 0.0472. The van der Waals surface area contributed by atoms with Crippen molar-refractivity contribution in [3.63, 3.8) is 0 Å². The van der Waals surface area contributed by atoms with Gasteiger partial charge in [0.15, 0.2) is 0 Å². The Morgan fingerprint density at radius 3 is 2.48 bits per heavy atom. The molecule has 2 N–H and O–H groups in total. The van der Waals surface area contributed by atoms with E-state index >= 15 is 0 Å². The van der Waals surface area contributed by atoms with Gasteiger partial charge in [0.1, 0.15) is 18.4 Å². The van der Waals surface area contributed by atoms with E-state index in [1.807, 2.05) is 30.3 Å². The number of carbonyl (C=O) groups excluding carboxylic acids is 2. The van der Waals surface area contributed by atoms with Crippen molar-refractivity contribution in [1.29, 1.82) is 0 Å². The van der Waals surface area contributed by atoms with Crippen molar-refractivity contribution in [2.24, 2.45) is 0 Å². The third kappa shape index (κ3) is 9.43. The van der Waals surface area contributed by atoms with E-state index in [4.69, 9.17) is 21.1 Å². The lowest BCUT2D eigenvalue weighted by Crippen LogP contribution is -2.69. The summed E-state index contributed by atoms with van der Waals surface area (Å²) in [5, 5.41) is 11.8. The first kappa shape index (κ1) is 34.2. The Morgan fingerprint density at radius 2 is 1.80 bits per heavy atom. The van der Waals surface area contributed by atoms with Crippen molar-refractivity contribution in [1.82, 2.24) is 14.5 Å². The third-order valence-electron chi connectivity index (χ3n) is 8.01. The number of benzene rings is 2. The van der Waals surface area contributed by atoms with E-state index in [0.29, 0.717) is 18.9 Å². The zero-order valence-corrected chi connectivity index (χ0v) is 28.2. The molecule has 44 heavy (non-hydrogen) atoms. The Hall–Kier alpha value is -2.64. The van der Waals surface area contributed by atoms with Crippen LogP contribution in [-0.4, -0.2) is 98.4 Å². The SMILES string of the molecule is C[Si](C)(C)CCS(=O)(=O)N1[C@H](CCCNC(=O)OCc2ccccc2)C(=O)N2C[C@H]1[C@@H](Cl)COC[C@@H]2Cc1ccc(O)cc1. The summed E-state index contributed by atoms with van der Waals surface area (Å²) in [5.74, 6) is -0.185. The number of sulfonamides is 1. The maximum Gasteiger partial charge on any atom is 0.407 e. The number of fused-ring (bicyclic) bond motifs is 2. The number of nitrogens with zero attached hydrogens (tertiary/aromatic N) is 2. The fourth-order valence-electron chi connectivity index (χ4n) is 5.55. The van der Waals surface area contributed by atoms with E-state index in [9.17, 15) is 23.1 Å². The number of hydrogen-bond donors (Lipinski definition) is 2. The number of phenolic OH excluding ortho intramolecular Hbond substituents is 1. The second kappa shape index (κ2) is 15.1. The number of amides is 2. The second-order valence-corrected chi connectivity index (χ2v) is 20.9. The molecule has 2 aliphatic heterocycles. The van der Waals surface area contributed by atoms with Gasteiger partial charge in [0.05, 0.1) is 36.4 Å². The number of aromatic hydroxyl groups is 1. The highest BCUT2D eigenvalue weighted by Crippen LogP contribution is 2.32. The molecule has 2 fully saturated rings. The molecule has 0 radical (unpaired) electrons. The first-order valence-corrected chi connectivity index (χ1v) is 20.9. The number of phenols is 1. The number of nitrogens with one attached hydrogen (secondary N) is 1. The maximum absolute atomic E-state index is 14.2. The van der Waals surface area contributed by atoms with E-state index in [2.05, 4.69) is 25.0 Å². The summed E-state index contributed by atoms with van der Waals surface area (Å²) in [6.07, 6.45) is 0.483. The van der Waals surface area contributed by atoms with Crippen LogP contribution in [0.25, 0.3) is 0 Å². The lowest BCUT2D eigenvalue weighted by Gasteiger charge is -2.50. The molecule has 2 aromatic rings. The standard InChI is InChI=1S/C31H44ClN3O7SSi/c1-44(2,3)17-16-43(39,40)35-28(10-7-15-33-31(38)42-20-24-8-5-4-6-9-24)30(37)34-19-29(35)27(32)22-41-21-25(34)18-23-11-13-26(36)14-12-23/h4-6,8-9,11-14,25,27-29,36H,7,10,15-22H2,1-3H3,(H,33,38)/t25-,27-,28+,29-/m0/s1. The van der Waals surface area contributed by atoms with Crippen molar-refractivity contribution < 1.29 is 32.6 Å². The number of carbonyl (C=O) groups is 2. The van der Waals surface area contributed by atoms with E-state index in [1.54, 1.807) is 29.2 Å². The molecule has 2 aliphatic rings. The van der Waals surface area contributed by atoms with Gasteiger partial charge in [0, 0.05) is 21.2 Å². The van der Waals surface area contributed by atoms with Crippen molar-refractivity contribution >= 4 is 41.7 Å². The number of halogens is 1. The fourth-order valence-corrected chi connectivity index (χ4v) is 10.8. The Labute approximate surface area is 266 Å². The lowest BCUT2D eigenvalue weighted by atomic mass is 9.96. The van der Waals surface area contributed by atoms with Gasteiger partial charge in [-0.05, 0) is 48.6 Å². The summed E-state index contributed by atoms with van der Waals surface area (Å²) < 4.78 is 40.5. The van der Waals surface area contributed by atoms with Gasteiger partial charge in [0.2, 0.25) is 15.9 Å². The molecule has 0 aromatic heterocycles. The predicted molar refractivity (Wildman–Crippen MR) is 173 cm³/mol. The van der Waals surface area contributed by atoms with Crippen LogP contribution >= 0.6 is 11.6 Å². The van der Waals surface area contributed by atoms with Crippen LogP contribution in [0.2, 0.25) is 25.7 Å². The molecule has 4 atom stereocenters. The molecule has 2 bridgehead atoms. The van der Waals surface area contributed by atoms with Crippen molar-refractivity contribution in [2.75, 3.05) is 32.1 Å². The molecular weight excluding hydrogens is 622 g/mol. The molecule has 0 unspecified atom stereocenters. The van der Waals surface area contributed by atoms with Gasteiger partial charge in [-0.25, -0.2) is 13.2 Å². The van der Waals surface area contributed by atoms with Gasteiger partial charge in [0.25, 0.3) is 0 Å². The van der Waals surface area contributed by atoms with Gasteiger partial charge in [-0.3, -0.25) is 4.79 Å². The van der Waals surface area contributed by atoms with Gasteiger partial charge in [-0.15, -0.1) is 11.6 Å². The molecule has 2 saturated heterocycles. The predicted octanol–water partition coefficient (Wildman–Crippen LogP) is 4.20. The van der Waals surface area contributed by atoms with Gasteiger partial charge in [-0.1, -0.05) is 62.1 Å². The first-order valence-electron chi connectivity index (χ1n) is 15.1. The van der Waals surface area contributed by atoms with Crippen LogP contribution in [0.5, 0.6) is 5.75 Å². The van der Waals surface area contributed by atoms with E-state index in [0.717, 1.165) is 11.1 Å². The number of hydrogen-bond acceptors (Lipinski definition) is 7. The molecule has 10 nitrogen and oxygen atoms in total. The summed E-state index contributed by atoms with van der Waals surface area (Å²) in [6.45, 7) is 7.29. The molecule has 242 valence electrons. The zero-order chi connectivity index (χ0) is 31.9. The average molecular weight is 666 g/mol. The molecule has 2 aromatic carbocycles. The number of alkyl halides is 1. The molecule has 2 heterocycles. The van der Waals surface area contributed by atoms with Crippen LogP contribution in [0.1, 0.15) is 24.0 Å². The number of piperazine rings is 1. The quantitative estimate of drug-likeness (QED) is 0.198. The van der Waals surface area contributed by atoms with Crippen LogP contribution in [0.15, 0.2) is 54.6 Å². The maximum atomic E-state index is 14.2. The van der Waals surface area contributed by atoms with Gasteiger partial charge < -0.3 is 24.8 Å². The van der Waals surface area contributed by atoms with E-state index in [-0.39, 0.29) is 62.8 Å². The highest BCUT2D eigenvalue weighted by atomic mass is 35.5. The molecule has 13 heteroatoms. The summed E-state index contributed by atoms with van der Waals surface area (Å²) in [5.41, 5.74) is 1.78. The second-order valence-electron chi connectivity index (χ2n) is 12.7. The van der Waals surface area contributed by atoms with Crippen molar-refractivity contribution in [3.05, 3.63) is 65.7 Å². The van der Waals surface area contributed by atoms with Crippen LogP contribution in [0.3, 0.4) is 0 Å². The molecule has 0 spiro atoms. The Morgan fingerprint density at radius 1 is 1.09 bits per heavy atom. The summed E-state index contributed by atoms with van der Waals surface area (Å²) in [4.78, 5) is 28.2. The molecule has 0 aliphatic carbocycles. The molecule has 4 rings (SSSR count).